The number of carbonyl (C=O) groups excluding carboxylic acids is 2. The van der Waals surface area contributed by atoms with Gasteiger partial charge in [-0.3, -0.25) is 14.2 Å². The monoisotopic (exact) mass is 581 g/mol. The van der Waals surface area contributed by atoms with Crippen molar-refractivity contribution in [3.05, 3.63) is 60.3 Å². The second-order valence-electron chi connectivity index (χ2n) is 9.38. The van der Waals surface area contributed by atoms with E-state index in [1.807, 2.05) is 0 Å². The summed E-state index contributed by atoms with van der Waals surface area (Å²) >= 11 is 0. The normalized spacial score (nSPS) is 18.0. The van der Waals surface area contributed by atoms with Crippen molar-refractivity contribution in [2.75, 3.05) is 19.4 Å². The van der Waals surface area contributed by atoms with Crippen molar-refractivity contribution in [2.45, 2.75) is 43.4 Å². The van der Waals surface area contributed by atoms with Crippen LogP contribution in [0.3, 0.4) is 0 Å². The number of nitrogens with one attached hydrogen (secondary N) is 1. The van der Waals surface area contributed by atoms with Crippen LogP contribution in [0.1, 0.15) is 30.1 Å². The van der Waals surface area contributed by atoms with Crippen molar-refractivity contribution in [1.82, 2.24) is 14.2 Å². The zero-order valence-corrected chi connectivity index (χ0v) is 22.8. The van der Waals surface area contributed by atoms with Gasteiger partial charge in [-0.05, 0) is 43.7 Å². The largest absolute Gasteiger partial charge is 0.481 e. The van der Waals surface area contributed by atoms with Gasteiger partial charge in [-0.25, -0.2) is 17.5 Å². The van der Waals surface area contributed by atoms with E-state index in [0.717, 1.165) is 0 Å². The zero-order chi connectivity index (χ0) is 28.4. The van der Waals surface area contributed by atoms with Gasteiger partial charge in [0.2, 0.25) is 15.9 Å². The Hall–Kier alpha value is -3.09. The van der Waals surface area contributed by atoms with Gasteiger partial charge in [-0.2, -0.15) is 0 Å². The van der Waals surface area contributed by atoms with E-state index in [2.05, 4.69) is 4.72 Å². The Kier molecular flexibility index (Phi) is 8.57. The minimum absolute atomic E-state index is 0.0245. The summed E-state index contributed by atoms with van der Waals surface area (Å²) in [6, 6.07) is 11.9. The number of benzene rings is 2. The number of ketones is 1. The molecule has 210 valence electrons. The van der Waals surface area contributed by atoms with Gasteiger partial charge >= 0.3 is 7.60 Å². The lowest BCUT2D eigenvalue weighted by Gasteiger charge is -2.25. The van der Waals surface area contributed by atoms with Crippen LogP contribution in [0.15, 0.2) is 59.6 Å². The Morgan fingerprint density at radius 2 is 1.90 bits per heavy atom. The summed E-state index contributed by atoms with van der Waals surface area (Å²) in [5.41, 5.74) is 0.802. The van der Waals surface area contributed by atoms with Crippen molar-refractivity contribution in [1.29, 1.82) is 0 Å². The van der Waals surface area contributed by atoms with E-state index in [0.29, 0.717) is 10.9 Å². The topological polar surface area (TPSA) is 155 Å². The summed E-state index contributed by atoms with van der Waals surface area (Å²) in [6.07, 6.45) is -0.250. The summed E-state index contributed by atoms with van der Waals surface area (Å²) < 4.78 is 59.7. The van der Waals surface area contributed by atoms with Gasteiger partial charge in [0, 0.05) is 41.7 Å². The molecule has 0 unspecified atom stereocenters. The van der Waals surface area contributed by atoms with E-state index < -0.39 is 36.2 Å². The van der Waals surface area contributed by atoms with E-state index in [1.165, 1.54) is 42.3 Å². The highest BCUT2D eigenvalue weighted by atomic mass is 32.2. The molecule has 1 aliphatic heterocycles. The second kappa shape index (κ2) is 11.6. The maximum absolute atomic E-state index is 14.4. The molecule has 1 fully saturated rings. The number of amides is 1. The van der Waals surface area contributed by atoms with Crippen LogP contribution >= 0.6 is 7.60 Å². The Balaban J connectivity index is 1.47. The molecule has 2 atom stereocenters. The number of hydrogen-bond acceptors (Lipinski definition) is 6. The maximum Gasteiger partial charge on any atom is 0.362 e. The van der Waals surface area contributed by atoms with Crippen molar-refractivity contribution in [3.63, 3.8) is 0 Å². The van der Waals surface area contributed by atoms with Crippen molar-refractivity contribution >= 4 is 40.2 Å². The fourth-order valence-electron chi connectivity index (χ4n) is 4.65. The van der Waals surface area contributed by atoms with Crippen LogP contribution in [0, 0.1) is 0 Å². The Morgan fingerprint density at radius 1 is 1.18 bits per heavy atom. The van der Waals surface area contributed by atoms with Gasteiger partial charge in [0.05, 0.1) is 11.4 Å². The SMILES string of the molecule is CC(=O)c1cn(CC(=O)N2C[C@H](F)C[C@H]2CCNS(=O)(=O)c2ccccc2)c2ccc(OCP(=O)(O)O)cc12. The van der Waals surface area contributed by atoms with Gasteiger partial charge in [-0.1, -0.05) is 18.2 Å². The fourth-order valence-corrected chi connectivity index (χ4v) is 6.04. The number of aromatic nitrogens is 1. The molecule has 1 amide bonds. The second-order valence-corrected chi connectivity index (χ2v) is 12.7. The Labute approximate surface area is 224 Å². The molecule has 1 saturated heterocycles. The number of sulfonamides is 1. The van der Waals surface area contributed by atoms with Crippen LogP contribution in [-0.2, 0) is 25.9 Å². The van der Waals surface area contributed by atoms with Gasteiger partial charge in [-0.15, -0.1) is 0 Å². The van der Waals surface area contributed by atoms with E-state index in [9.17, 15) is 27.0 Å². The van der Waals surface area contributed by atoms with E-state index in [-0.39, 0.29) is 60.4 Å². The van der Waals surface area contributed by atoms with Crippen LogP contribution in [0.2, 0.25) is 0 Å². The van der Waals surface area contributed by atoms with Crippen LogP contribution in [0.5, 0.6) is 5.75 Å². The van der Waals surface area contributed by atoms with E-state index >= 15 is 0 Å². The number of ether oxygens (including phenoxy) is 1. The third kappa shape index (κ3) is 7.11. The smallest absolute Gasteiger partial charge is 0.362 e. The molecule has 0 spiro atoms. The number of alkyl halides is 1. The predicted molar refractivity (Wildman–Crippen MR) is 141 cm³/mol. The molecule has 14 heteroatoms. The number of carbonyl (C=O) groups is 2. The van der Waals surface area contributed by atoms with Crippen LogP contribution in [0.4, 0.5) is 4.39 Å². The summed E-state index contributed by atoms with van der Waals surface area (Å²) in [6.45, 7) is 1.07. The first-order valence-electron chi connectivity index (χ1n) is 12.1. The first-order chi connectivity index (χ1) is 18.3. The standard InChI is InChI=1S/C25H29FN3O8PS/c1-17(30)23-14-28(24-8-7-20(12-22(23)24)37-16-38(32,33)34)15-25(31)29-13-18(26)11-19(29)9-10-27-39(35,36)21-5-3-2-4-6-21/h2-8,12,14,18-19,27H,9-11,13,15-16H2,1H3,(H2,32,33,34)/t18-,19-/m1/s1. The van der Waals surface area contributed by atoms with Gasteiger partial charge in [0.25, 0.3) is 0 Å². The number of likely N-dealkylation sites (tertiary alicyclic amines) is 1. The van der Waals surface area contributed by atoms with Crippen molar-refractivity contribution in [3.8, 4) is 5.75 Å². The van der Waals surface area contributed by atoms with Gasteiger partial charge in [0.1, 0.15) is 18.5 Å². The fraction of sp³-hybridized carbons (Fsp3) is 0.360. The molecule has 1 aliphatic rings. The minimum Gasteiger partial charge on any atom is -0.481 e. The molecule has 39 heavy (non-hydrogen) atoms. The molecule has 2 heterocycles. The lowest BCUT2D eigenvalue weighted by Crippen LogP contribution is -2.40. The maximum atomic E-state index is 14.4. The molecule has 4 rings (SSSR count). The van der Waals surface area contributed by atoms with E-state index in [4.69, 9.17) is 14.5 Å². The molecule has 0 bridgehead atoms. The van der Waals surface area contributed by atoms with Crippen LogP contribution in [-0.4, -0.2) is 71.0 Å². The van der Waals surface area contributed by atoms with Crippen molar-refractivity contribution in [2.24, 2.45) is 0 Å². The lowest BCUT2D eigenvalue weighted by molar-refractivity contribution is -0.132. The van der Waals surface area contributed by atoms with Gasteiger partial charge in [0.15, 0.2) is 12.1 Å². The van der Waals surface area contributed by atoms with Crippen LogP contribution < -0.4 is 9.46 Å². The highest BCUT2D eigenvalue weighted by Crippen LogP contribution is 2.35. The molecular weight excluding hydrogens is 552 g/mol. The molecule has 0 saturated carbocycles. The average Bonchev–Trinajstić information content (AvgIpc) is 3.42. The number of Topliss-reactive ketones (excluding diaryl/α,β-unsaturated/α-hetero) is 1. The van der Waals surface area contributed by atoms with Crippen molar-refractivity contribution < 1.29 is 41.5 Å². The average molecular weight is 582 g/mol. The number of rotatable bonds is 11. The molecule has 0 radical (unpaired) electrons. The number of fused-ring (bicyclic) bond motifs is 1. The van der Waals surface area contributed by atoms with Gasteiger partial charge < -0.3 is 24.0 Å². The quantitative estimate of drug-likeness (QED) is 0.231. The molecule has 1 aromatic heterocycles. The molecular formula is C25H29FN3O8PS. The summed E-state index contributed by atoms with van der Waals surface area (Å²) in [5, 5.41) is 0.440. The minimum atomic E-state index is -4.41. The lowest BCUT2D eigenvalue weighted by atomic mass is 10.1. The molecule has 2 aromatic carbocycles. The summed E-state index contributed by atoms with van der Waals surface area (Å²) in [5.74, 6) is -0.526. The first kappa shape index (κ1) is 28.9. The summed E-state index contributed by atoms with van der Waals surface area (Å²) in [4.78, 5) is 45.1. The molecule has 3 N–H and O–H groups in total. The number of halogens is 1. The Morgan fingerprint density at radius 3 is 2.56 bits per heavy atom. The van der Waals surface area contributed by atoms with Crippen LogP contribution in [0.25, 0.3) is 10.9 Å². The Bertz CT molecular complexity index is 1520. The third-order valence-electron chi connectivity index (χ3n) is 6.44. The van der Waals surface area contributed by atoms with E-state index in [1.54, 1.807) is 28.8 Å². The predicted octanol–water partition coefficient (Wildman–Crippen LogP) is 2.67. The third-order valence-corrected chi connectivity index (χ3v) is 8.39. The number of hydrogen-bond donors (Lipinski definition) is 3. The molecule has 0 aliphatic carbocycles. The summed E-state index contributed by atoms with van der Waals surface area (Å²) in [7, 11) is -8.14. The molecule has 11 nitrogen and oxygen atoms in total. The first-order valence-corrected chi connectivity index (χ1v) is 15.4. The number of nitrogens with zero attached hydrogens (tertiary/aromatic N) is 2. The molecule has 3 aromatic rings. The zero-order valence-electron chi connectivity index (χ0n) is 21.1. The highest BCUT2D eigenvalue weighted by molar-refractivity contribution is 7.89. The highest BCUT2D eigenvalue weighted by Gasteiger charge is 2.35.